The molecule has 0 aliphatic heterocycles. The third-order valence-electron chi connectivity index (χ3n) is 11.5. The Balaban J connectivity index is 1.07. The van der Waals surface area contributed by atoms with E-state index in [1.807, 2.05) is 24.3 Å². The first-order valence-corrected chi connectivity index (χ1v) is 19.6. The predicted octanol–water partition coefficient (Wildman–Crippen LogP) is 14.4. The van der Waals surface area contributed by atoms with Gasteiger partial charge in [0.15, 0.2) is 0 Å². The molecule has 0 saturated heterocycles. The SMILES string of the molecule is N#Cc1ccc(-n2c3ccccc3c3c(-c4cccc(-c5ccc6c(c5)c5cc(-c7cccc(-c8ccccc8)c7)ccc5n6-c5ccccc5)c4)cccc32)cc1. The van der Waals surface area contributed by atoms with E-state index in [1.54, 1.807) is 0 Å². The van der Waals surface area contributed by atoms with Crippen LogP contribution in [0.3, 0.4) is 0 Å². The quantitative estimate of drug-likeness (QED) is 0.167. The molecule has 0 aliphatic rings. The number of rotatable bonds is 6. The molecule has 0 fully saturated rings. The second-order valence-corrected chi connectivity index (χ2v) is 14.9. The molecule has 3 heteroatoms. The first kappa shape index (κ1) is 33.4. The maximum Gasteiger partial charge on any atom is 0.0991 e. The smallest absolute Gasteiger partial charge is 0.0991 e. The Morgan fingerprint density at radius 2 is 0.776 bits per heavy atom. The second kappa shape index (κ2) is 13.7. The highest BCUT2D eigenvalue weighted by Crippen LogP contribution is 2.41. The van der Waals surface area contributed by atoms with Crippen LogP contribution in [0.5, 0.6) is 0 Å². The molecule has 11 aromatic rings. The van der Waals surface area contributed by atoms with Gasteiger partial charge >= 0.3 is 0 Å². The maximum absolute atomic E-state index is 9.45. The van der Waals surface area contributed by atoms with Gasteiger partial charge in [-0.05, 0) is 129 Å². The third-order valence-corrected chi connectivity index (χ3v) is 11.5. The van der Waals surface area contributed by atoms with Crippen molar-refractivity contribution in [3.05, 3.63) is 218 Å². The minimum absolute atomic E-state index is 0.652. The summed E-state index contributed by atoms with van der Waals surface area (Å²) < 4.78 is 4.70. The number of fused-ring (bicyclic) bond motifs is 6. The summed E-state index contributed by atoms with van der Waals surface area (Å²) in [4.78, 5) is 0. The van der Waals surface area contributed by atoms with Crippen LogP contribution in [0.4, 0.5) is 0 Å². The lowest BCUT2D eigenvalue weighted by molar-refractivity contribution is 1.18. The molecule has 0 radical (unpaired) electrons. The van der Waals surface area contributed by atoms with Crippen molar-refractivity contribution in [2.75, 3.05) is 0 Å². The van der Waals surface area contributed by atoms with E-state index in [2.05, 4.69) is 203 Å². The average Bonchev–Trinajstić information content (AvgIpc) is 3.82. The molecule has 2 heterocycles. The molecule has 0 amide bonds. The van der Waals surface area contributed by atoms with E-state index < -0.39 is 0 Å². The van der Waals surface area contributed by atoms with Gasteiger partial charge in [-0.1, -0.05) is 127 Å². The van der Waals surface area contributed by atoms with E-state index in [0.717, 1.165) is 22.4 Å². The van der Waals surface area contributed by atoms with Crippen LogP contribution < -0.4 is 0 Å². The lowest BCUT2D eigenvalue weighted by atomic mass is 9.95. The minimum Gasteiger partial charge on any atom is -0.309 e. The number of hydrogen-bond acceptors (Lipinski definition) is 1. The van der Waals surface area contributed by atoms with E-state index in [9.17, 15) is 5.26 Å². The van der Waals surface area contributed by atoms with Gasteiger partial charge in [0.1, 0.15) is 0 Å². The Hall–Kier alpha value is -7.93. The molecular weight excluding hydrogens is 703 g/mol. The zero-order valence-corrected chi connectivity index (χ0v) is 31.5. The number of nitriles is 1. The fraction of sp³-hybridized carbons (Fsp3) is 0. The Morgan fingerprint density at radius 3 is 1.45 bits per heavy atom. The molecule has 3 nitrogen and oxygen atoms in total. The van der Waals surface area contributed by atoms with Gasteiger partial charge in [-0.25, -0.2) is 0 Å². The highest BCUT2D eigenvalue weighted by atomic mass is 15.0. The van der Waals surface area contributed by atoms with Gasteiger partial charge in [0, 0.05) is 32.9 Å². The van der Waals surface area contributed by atoms with Crippen molar-refractivity contribution in [2.45, 2.75) is 0 Å². The summed E-state index contributed by atoms with van der Waals surface area (Å²) in [6.45, 7) is 0. The third kappa shape index (κ3) is 5.51. The van der Waals surface area contributed by atoms with E-state index >= 15 is 0 Å². The summed E-state index contributed by atoms with van der Waals surface area (Å²) in [5.41, 5.74) is 17.0. The zero-order chi connectivity index (χ0) is 38.6. The van der Waals surface area contributed by atoms with Crippen molar-refractivity contribution >= 4 is 43.6 Å². The summed E-state index contributed by atoms with van der Waals surface area (Å²) in [5.74, 6) is 0. The van der Waals surface area contributed by atoms with Crippen molar-refractivity contribution in [2.24, 2.45) is 0 Å². The molecule has 270 valence electrons. The molecule has 11 rings (SSSR count). The van der Waals surface area contributed by atoms with Crippen molar-refractivity contribution in [3.63, 3.8) is 0 Å². The van der Waals surface area contributed by atoms with Gasteiger partial charge < -0.3 is 9.13 Å². The Kier molecular flexibility index (Phi) is 7.88. The fourth-order valence-corrected chi connectivity index (χ4v) is 8.84. The van der Waals surface area contributed by atoms with Crippen LogP contribution >= 0.6 is 0 Å². The molecule has 0 aliphatic carbocycles. The van der Waals surface area contributed by atoms with E-state index in [1.165, 1.54) is 77.1 Å². The van der Waals surface area contributed by atoms with Gasteiger partial charge in [0.05, 0.1) is 33.7 Å². The average molecular weight is 738 g/mol. The number of hydrogen-bond donors (Lipinski definition) is 0. The molecule has 0 atom stereocenters. The molecule has 58 heavy (non-hydrogen) atoms. The monoisotopic (exact) mass is 737 g/mol. The minimum atomic E-state index is 0.652. The predicted molar refractivity (Wildman–Crippen MR) is 242 cm³/mol. The van der Waals surface area contributed by atoms with Gasteiger partial charge in [-0.2, -0.15) is 5.26 Å². The summed E-state index contributed by atoms with van der Waals surface area (Å²) in [6, 6.07) is 78.2. The Morgan fingerprint density at radius 1 is 0.310 bits per heavy atom. The normalized spacial score (nSPS) is 11.4. The van der Waals surface area contributed by atoms with Gasteiger partial charge in [-0.15, -0.1) is 0 Å². The Bertz CT molecular complexity index is 3380. The summed E-state index contributed by atoms with van der Waals surface area (Å²) >= 11 is 0. The van der Waals surface area contributed by atoms with Crippen LogP contribution in [0.15, 0.2) is 212 Å². The lowest BCUT2D eigenvalue weighted by Gasteiger charge is -2.11. The number of aromatic nitrogens is 2. The molecule has 0 saturated carbocycles. The number of para-hydroxylation sites is 2. The molecule has 9 aromatic carbocycles. The molecule has 2 aromatic heterocycles. The van der Waals surface area contributed by atoms with Crippen molar-refractivity contribution in [1.82, 2.24) is 9.13 Å². The van der Waals surface area contributed by atoms with Crippen LogP contribution in [-0.4, -0.2) is 9.13 Å². The first-order chi connectivity index (χ1) is 28.7. The van der Waals surface area contributed by atoms with E-state index in [0.29, 0.717) is 5.56 Å². The van der Waals surface area contributed by atoms with Gasteiger partial charge in [-0.3, -0.25) is 0 Å². The summed E-state index contributed by atoms with van der Waals surface area (Å²) in [5, 5.41) is 14.3. The number of nitrogens with zero attached hydrogens (tertiary/aromatic N) is 3. The van der Waals surface area contributed by atoms with E-state index in [-0.39, 0.29) is 0 Å². The summed E-state index contributed by atoms with van der Waals surface area (Å²) in [6.07, 6.45) is 0. The maximum atomic E-state index is 9.45. The highest BCUT2D eigenvalue weighted by Gasteiger charge is 2.18. The highest BCUT2D eigenvalue weighted by molar-refractivity contribution is 6.16. The van der Waals surface area contributed by atoms with Crippen molar-refractivity contribution in [1.29, 1.82) is 5.26 Å². The van der Waals surface area contributed by atoms with Crippen LogP contribution in [0, 0.1) is 11.3 Å². The lowest BCUT2D eigenvalue weighted by Crippen LogP contribution is -1.93. The zero-order valence-electron chi connectivity index (χ0n) is 31.5. The standard InChI is InChI=1S/C55H35N3/c56-36-37-24-28-46(29-25-37)58-51-22-8-7-20-48(51)55-47(21-11-23-54(55)58)44-17-10-16-41(33-44)43-27-31-53-50(35-43)49-34-42(26-30-52(49)57(53)45-18-5-2-6-19-45)40-15-9-14-39(32-40)38-12-3-1-4-13-38/h1-35H. The molecule has 0 bridgehead atoms. The van der Waals surface area contributed by atoms with Crippen LogP contribution in [-0.2, 0) is 0 Å². The largest absolute Gasteiger partial charge is 0.309 e. The second-order valence-electron chi connectivity index (χ2n) is 14.9. The molecule has 0 spiro atoms. The Labute approximate surface area is 336 Å². The topological polar surface area (TPSA) is 33.6 Å². The number of benzene rings is 9. The van der Waals surface area contributed by atoms with Crippen molar-refractivity contribution in [3.8, 4) is 62.0 Å². The van der Waals surface area contributed by atoms with Gasteiger partial charge in [0.25, 0.3) is 0 Å². The first-order valence-electron chi connectivity index (χ1n) is 19.6. The molecule has 0 N–H and O–H groups in total. The van der Waals surface area contributed by atoms with E-state index in [4.69, 9.17) is 0 Å². The van der Waals surface area contributed by atoms with Crippen molar-refractivity contribution < 1.29 is 0 Å². The molecular formula is C55H35N3. The van der Waals surface area contributed by atoms with Gasteiger partial charge in [0.2, 0.25) is 0 Å². The van der Waals surface area contributed by atoms with Crippen LogP contribution in [0.25, 0.3) is 99.5 Å². The van der Waals surface area contributed by atoms with Crippen LogP contribution in [0.2, 0.25) is 0 Å². The molecule has 0 unspecified atom stereocenters. The fourth-order valence-electron chi connectivity index (χ4n) is 8.84. The van der Waals surface area contributed by atoms with Crippen LogP contribution in [0.1, 0.15) is 5.56 Å². The summed E-state index contributed by atoms with van der Waals surface area (Å²) in [7, 11) is 0.